The summed E-state index contributed by atoms with van der Waals surface area (Å²) in [6.45, 7) is 3.09. The van der Waals surface area contributed by atoms with Crippen LogP contribution in [0.2, 0.25) is 0 Å². The lowest BCUT2D eigenvalue weighted by molar-refractivity contribution is -0.128. The predicted octanol–water partition coefficient (Wildman–Crippen LogP) is 1.25. The van der Waals surface area contributed by atoms with Crippen LogP contribution in [0.25, 0.3) is 0 Å². The average molecular weight is 292 g/mol. The van der Waals surface area contributed by atoms with E-state index < -0.39 is 0 Å². The molecule has 21 heavy (non-hydrogen) atoms. The molecule has 2 N–H and O–H groups in total. The van der Waals surface area contributed by atoms with Gasteiger partial charge in [0.15, 0.2) is 0 Å². The number of carbonyl (C=O) groups is 1. The molecular weight excluding hydrogens is 268 g/mol. The van der Waals surface area contributed by atoms with E-state index in [4.69, 9.17) is 4.74 Å². The fourth-order valence-electron chi connectivity index (χ4n) is 3.68. The predicted molar refractivity (Wildman–Crippen MR) is 80.0 cm³/mol. The first-order valence-corrected chi connectivity index (χ1v) is 7.78. The number of anilines is 1. The monoisotopic (exact) mass is 292 g/mol. The van der Waals surface area contributed by atoms with Crippen molar-refractivity contribution in [2.75, 3.05) is 32.1 Å². The lowest BCUT2D eigenvalue weighted by atomic mass is 9.67. The number of amides is 1. The van der Waals surface area contributed by atoms with Gasteiger partial charge in [-0.05, 0) is 25.3 Å². The van der Waals surface area contributed by atoms with Crippen molar-refractivity contribution in [3.63, 3.8) is 0 Å². The SMILES string of the molecule is COCCn1cc(NC(=O)[C@@]23CCCC[C@H]2CNC3)cn1. The minimum absolute atomic E-state index is 0.156. The van der Waals surface area contributed by atoms with Crippen molar-refractivity contribution >= 4 is 11.6 Å². The number of nitrogens with zero attached hydrogens (tertiary/aromatic N) is 2. The van der Waals surface area contributed by atoms with E-state index in [0.717, 1.165) is 38.0 Å². The van der Waals surface area contributed by atoms with Crippen molar-refractivity contribution in [1.82, 2.24) is 15.1 Å². The van der Waals surface area contributed by atoms with Gasteiger partial charge in [0, 0.05) is 19.9 Å². The van der Waals surface area contributed by atoms with E-state index in [1.165, 1.54) is 6.42 Å². The lowest BCUT2D eigenvalue weighted by Crippen LogP contribution is -2.44. The van der Waals surface area contributed by atoms with E-state index in [-0.39, 0.29) is 11.3 Å². The van der Waals surface area contributed by atoms with Gasteiger partial charge in [0.25, 0.3) is 0 Å². The maximum absolute atomic E-state index is 12.8. The van der Waals surface area contributed by atoms with Crippen LogP contribution in [0, 0.1) is 11.3 Å². The van der Waals surface area contributed by atoms with Crippen molar-refractivity contribution in [2.45, 2.75) is 32.2 Å². The Labute approximate surface area is 125 Å². The van der Waals surface area contributed by atoms with Gasteiger partial charge in [-0.15, -0.1) is 0 Å². The Balaban J connectivity index is 1.66. The third-order valence-corrected chi connectivity index (χ3v) is 4.91. The van der Waals surface area contributed by atoms with Gasteiger partial charge in [-0.2, -0.15) is 5.10 Å². The zero-order valence-electron chi connectivity index (χ0n) is 12.6. The minimum Gasteiger partial charge on any atom is -0.383 e. The summed E-state index contributed by atoms with van der Waals surface area (Å²) in [6, 6.07) is 0. The molecule has 1 saturated carbocycles. The number of rotatable bonds is 5. The normalized spacial score (nSPS) is 28.3. The van der Waals surface area contributed by atoms with Crippen molar-refractivity contribution in [2.24, 2.45) is 11.3 Å². The van der Waals surface area contributed by atoms with Gasteiger partial charge in [0.2, 0.25) is 5.91 Å². The molecule has 2 fully saturated rings. The number of carbonyl (C=O) groups excluding carboxylic acids is 1. The van der Waals surface area contributed by atoms with Crippen molar-refractivity contribution < 1.29 is 9.53 Å². The third kappa shape index (κ3) is 2.82. The van der Waals surface area contributed by atoms with Crippen LogP contribution in [0.3, 0.4) is 0 Å². The number of nitrogens with one attached hydrogen (secondary N) is 2. The molecule has 3 rings (SSSR count). The highest BCUT2D eigenvalue weighted by molar-refractivity contribution is 5.96. The molecular formula is C15H24N4O2. The number of hydrogen-bond donors (Lipinski definition) is 2. The highest BCUT2D eigenvalue weighted by Gasteiger charge is 2.49. The Morgan fingerprint density at radius 1 is 1.62 bits per heavy atom. The molecule has 0 bridgehead atoms. The van der Waals surface area contributed by atoms with Gasteiger partial charge in [-0.25, -0.2) is 0 Å². The van der Waals surface area contributed by atoms with E-state index >= 15 is 0 Å². The molecule has 1 aromatic rings. The molecule has 1 aromatic heterocycles. The van der Waals surface area contributed by atoms with E-state index in [0.29, 0.717) is 19.1 Å². The maximum atomic E-state index is 12.8. The smallest absolute Gasteiger partial charge is 0.232 e. The average Bonchev–Trinajstić information content (AvgIpc) is 3.12. The second-order valence-corrected chi connectivity index (χ2v) is 6.17. The summed E-state index contributed by atoms with van der Waals surface area (Å²) in [5, 5.41) is 10.7. The van der Waals surface area contributed by atoms with Gasteiger partial charge in [0.05, 0.1) is 30.5 Å². The first kappa shape index (κ1) is 14.5. The zero-order chi connectivity index (χ0) is 14.7. The third-order valence-electron chi connectivity index (χ3n) is 4.91. The first-order valence-electron chi connectivity index (χ1n) is 7.78. The lowest BCUT2D eigenvalue weighted by Gasteiger charge is -2.36. The minimum atomic E-state index is -0.215. The number of aromatic nitrogens is 2. The van der Waals surface area contributed by atoms with Crippen LogP contribution < -0.4 is 10.6 Å². The molecule has 6 heteroatoms. The van der Waals surface area contributed by atoms with E-state index in [1.807, 2.05) is 6.20 Å². The molecule has 1 amide bonds. The van der Waals surface area contributed by atoms with E-state index in [2.05, 4.69) is 15.7 Å². The number of ether oxygens (including phenoxy) is 1. The molecule has 0 radical (unpaired) electrons. The van der Waals surface area contributed by atoms with Gasteiger partial charge in [-0.3, -0.25) is 9.48 Å². The second kappa shape index (κ2) is 6.15. The zero-order valence-corrected chi connectivity index (χ0v) is 12.6. The quantitative estimate of drug-likeness (QED) is 0.857. The van der Waals surface area contributed by atoms with Crippen LogP contribution in [0.1, 0.15) is 25.7 Å². The van der Waals surface area contributed by atoms with Crippen molar-refractivity contribution in [1.29, 1.82) is 0 Å². The molecule has 2 atom stereocenters. The van der Waals surface area contributed by atoms with Crippen molar-refractivity contribution in [3.05, 3.63) is 12.4 Å². The van der Waals surface area contributed by atoms with E-state index in [1.54, 1.807) is 18.0 Å². The highest BCUT2D eigenvalue weighted by Crippen LogP contribution is 2.44. The fraction of sp³-hybridized carbons (Fsp3) is 0.733. The standard InChI is InChI=1S/C15H24N4O2/c1-21-7-6-19-10-13(9-17-19)18-14(20)15-5-3-2-4-12(15)8-16-11-15/h9-10,12,16H,2-8,11H2,1H3,(H,18,20)/t12-,15+/m0/s1. The van der Waals surface area contributed by atoms with Crippen LogP contribution in [0.5, 0.6) is 0 Å². The van der Waals surface area contributed by atoms with Crippen molar-refractivity contribution in [3.8, 4) is 0 Å². The molecule has 0 unspecified atom stereocenters. The first-order chi connectivity index (χ1) is 10.2. The highest BCUT2D eigenvalue weighted by atomic mass is 16.5. The number of hydrogen-bond acceptors (Lipinski definition) is 4. The molecule has 2 heterocycles. The van der Waals surface area contributed by atoms with Crippen LogP contribution in [0.4, 0.5) is 5.69 Å². The molecule has 6 nitrogen and oxygen atoms in total. The number of fused-ring (bicyclic) bond motifs is 1. The summed E-state index contributed by atoms with van der Waals surface area (Å²) >= 11 is 0. The Morgan fingerprint density at radius 2 is 2.52 bits per heavy atom. The molecule has 116 valence electrons. The summed E-state index contributed by atoms with van der Waals surface area (Å²) in [4.78, 5) is 12.8. The Morgan fingerprint density at radius 3 is 3.38 bits per heavy atom. The van der Waals surface area contributed by atoms with Crippen LogP contribution >= 0.6 is 0 Å². The number of methoxy groups -OCH3 is 1. The molecule has 2 aliphatic rings. The van der Waals surface area contributed by atoms with Gasteiger partial charge in [0.1, 0.15) is 0 Å². The van der Waals surface area contributed by atoms with Crippen LogP contribution in [0.15, 0.2) is 12.4 Å². The maximum Gasteiger partial charge on any atom is 0.232 e. The summed E-state index contributed by atoms with van der Waals surface area (Å²) in [5.41, 5.74) is 0.564. The largest absolute Gasteiger partial charge is 0.383 e. The van der Waals surface area contributed by atoms with E-state index in [9.17, 15) is 4.79 Å². The Bertz CT molecular complexity index is 502. The molecule has 1 saturated heterocycles. The topological polar surface area (TPSA) is 68.2 Å². The summed E-state index contributed by atoms with van der Waals surface area (Å²) in [6.07, 6.45) is 8.13. The fourth-order valence-corrected chi connectivity index (χ4v) is 3.68. The molecule has 1 aliphatic carbocycles. The second-order valence-electron chi connectivity index (χ2n) is 6.17. The van der Waals surface area contributed by atoms with Crippen LogP contribution in [-0.2, 0) is 16.1 Å². The molecule has 0 spiro atoms. The summed E-state index contributed by atoms with van der Waals surface area (Å²) in [5.74, 6) is 0.637. The van der Waals surface area contributed by atoms with Gasteiger partial charge < -0.3 is 15.4 Å². The van der Waals surface area contributed by atoms with Gasteiger partial charge >= 0.3 is 0 Å². The Hall–Kier alpha value is -1.40. The summed E-state index contributed by atoms with van der Waals surface area (Å²) < 4.78 is 6.82. The van der Waals surface area contributed by atoms with Crippen LogP contribution in [-0.4, -0.2) is 42.5 Å². The van der Waals surface area contributed by atoms with Gasteiger partial charge in [-0.1, -0.05) is 12.8 Å². The Kier molecular flexibility index (Phi) is 4.26. The molecule has 0 aromatic carbocycles. The molecule has 1 aliphatic heterocycles. The summed E-state index contributed by atoms with van der Waals surface area (Å²) in [7, 11) is 1.67.